The normalized spacial score (nSPS) is 11.0. The number of carbonyl (C=O) groups is 1. The SMILES string of the molecule is CN(c1ccc(CC(=O)Nc2ccc(Oc3ccccc3)cc2)cc1)S(C)(=O)=O. The summed E-state index contributed by atoms with van der Waals surface area (Å²) in [6, 6.07) is 23.4. The molecule has 0 saturated carbocycles. The van der Waals surface area contributed by atoms with Gasteiger partial charge in [-0.2, -0.15) is 0 Å². The fourth-order valence-corrected chi connectivity index (χ4v) is 3.14. The van der Waals surface area contributed by atoms with Crippen molar-refractivity contribution in [1.29, 1.82) is 0 Å². The van der Waals surface area contributed by atoms with Gasteiger partial charge in [0.05, 0.1) is 18.4 Å². The Kier molecular flexibility index (Phi) is 6.19. The van der Waals surface area contributed by atoms with E-state index in [1.54, 1.807) is 48.5 Å². The number of para-hydroxylation sites is 1. The lowest BCUT2D eigenvalue weighted by atomic mass is 10.1. The minimum atomic E-state index is -3.31. The fourth-order valence-electron chi connectivity index (χ4n) is 2.64. The van der Waals surface area contributed by atoms with Crippen molar-refractivity contribution in [1.82, 2.24) is 0 Å². The highest BCUT2D eigenvalue weighted by Crippen LogP contribution is 2.23. The molecule has 0 aliphatic rings. The van der Waals surface area contributed by atoms with Gasteiger partial charge in [-0.15, -0.1) is 0 Å². The van der Waals surface area contributed by atoms with Crippen molar-refractivity contribution >= 4 is 27.3 Å². The average Bonchev–Trinajstić information content (AvgIpc) is 2.69. The van der Waals surface area contributed by atoms with Crippen LogP contribution >= 0.6 is 0 Å². The highest BCUT2D eigenvalue weighted by molar-refractivity contribution is 7.92. The van der Waals surface area contributed by atoms with Gasteiger partial charge in [-0.1, -0.05) is 30.3 Å². The monoisotopic (exact) mass is 410 g/mol. The Morgan fingerprint density at radius 3 is 2.07 bits per heavy atom. The second-order valence-corrected chi connectivity index (χ2v) is 8.58. The summed E-state index contributed by atoms with van der Waals surface area (Å²) in [6.45, 7) is 0. The molecule has 0 radical (unpaired) electrons. The average molecular weight is 410 g/mol. The summed E-state index contributed by atoms with van der Waals surface area (Å²) in [5.41, 5.74) is 2.01. The molecule has 3 rings (SSSR count). The van der Waals surface area contributed by atoms with E-state index in [2.05, 4.69) is 5.32 Å². The second-order valence-electron chi connectivity index (χ2n) is 6.56. The molecule has 1 N–H and O–H groups in total. The first kappa shape index (κ1) is 20.4. The highest BCUT2D eigenvalue weighted by atomic mass is 32.2. The molecule has 0 bridgehead atoms. The molecule has 7 heteroatoms. The van der Waals surface area contributed by atoms with E-state index < -0.39 is 10.0 Å². The number of hydrogen-bond donors (Lipinski definition) is 1. The van der Waals surface area contributed by atoms with Gasteiger partial charge in [0.15, 0.2) is 0 Å². The van der Waals surface area contributed by atoms with E-state index in [0.29, 0.717) is 17.1 Å². The van der Waals surface area contributed by atoms with Crippen LogP contribution in [0.25, 0.3) is 0 Å². The van der Waals surface area contributed by atoms with Crippen LogP contribution in [0.15, 0.2) is 78.9 Å². The van der Waals surface area contributed by atoms with E-state index >= 15 is 0 Å². The molecule has 0 saturated heterocycles. The fraction of sp³-hybridized carbons (Fsp3) is 0.136. The van der Waals surface area contributed by atoms with E-state index in [1.165, 1.54) is 11.4 Å². The van der Waals surface area contributed by atoms with Crippen LogP contribution in [0.2, 0.25) is 0 Å². The zero-order valence-corrected chi connectivity index (χ0v) is 17.0. The maximum Gasteiger partial charge on any atom is 0.231 e. The van der Waals surface area contributed by atoms with Crippen molar-refractivity contribution in [2.75, 3.05) is 22.9 Å². The van der Waals surface area contributed by atoms with E-state index in [-0.39, 0.29) is 12.3 Å². The van der Waals surface area contributed by atoms with Gasteiger partial charge in [-0.25, -0.2) is 8.42 Å². The van der Waals surface area contributed by atoms with Crippen molar-refractivity contribution in [3.8, 4) is 11.5 Å². The van der Waals surface area contributed by atoms with Crippen molar-refractivity contribution in [2.24, 2.45) is 0 Å². The smallest absolute Gasteiger partial charge is 0.231 e. The predicted octanol–water partition coefficient (Wildman–Crippen LogP) is 4.06. The van der Waals surface area contributed by atoms with Crippen molar-refractivity contribution in [2.45, 2.75) is 6.42 Å². The number of carbonyl (C=O) groups excluding carboxylic acids is 1. The van der Waals surface area contributed by atoms with Gasteiger partial charge in [-0.3, -0.25) is 9.10 Å². The number of benzene rings is 3. The standard InChI is InChI=1S/C22H22N2O4S/c1-24(29(2,26)27)19-12-8-17(9-13-19)16-22(25)23-18-10-14-21(15-11-18)28-20-6-4-3-5-7-20/h3-15H,16H2,1-2H3,(H,23,25). The molecule has 0 aromatic heterocycles. The first-order chi connectivity index (χ1) is 13.8. The summed E-state index contributed by atoms with van der Waals surface area (Å²) in [4.78, 5) is 12.3. The Morgan fingerprint density at radius 1 is 0.897 bits per heavy atom. The summed E-state index contributed by atoms with van der Waals surface area (Å²) < 4.78 is 30.1. The predicted molar refractivity (Wildman–Crippen MR) is 115 cm³/mol. The lowest BCUT2D eigenvalue weighted by molar-refractivity contribution is -0.115. The van der Waals surface area contributed by atoms with Crippen LogP contribution < -0.4 is 14.4 Å². The molecule has 0 fully saturated rings. The third-order valence-corrected chi connectivity index (χ3v) is 5.48. The molecule has 1 amide bonds. The van der Waals surface area contributed by atoms with E-state index in [1.807, 2.05) is 30.3 Å². The molecule has 0 aliphatic heterocycles. The molecule has 3 aromatic rings. The van der Waals surface area contributed by atoms with E-state index in [4.69, 9.17) is 4.74 Å². The number of sulfonamides is 1. The quantitative estimate of drug-likeness (QED) is 0.637. The third-order valence-electron chi connectivity index (χ3n) is 4.28. The number of nitrogens with zero attached hydrogens (tertiary/aromatic N) is 1. The van der Waals surface area contributed by atoms with E-state index in [9.17, 15) is 13.2 Å². The van der Waals surface area contributed by atoms with Crippen molar-refractivity contribution in [3.05, 3.63) is 84.4 Å². The van der Waals surface area contributed by atoms with E-state index in [0.717, 1.165) is 17.6 Å². The van der Waals surface area contributed by atoms with Crippen LogP contribution in [-0.2, 0) is 21.2 Å². The van der Waals surface area contributed by atoms with Crippen molar-refractivity contribution < 1.29 is 17.9 Å². The molecule has 0 spiro atoms. The maximum atomic E-state index is 12.3. The van der Waals surface area contributed by atoms with Gasteiger partial charge in [0.2, 0.25) is 15.9 Å². The summed E-state index contributed by atoms with van der Waals surface area (Å²) in [5, 5.41) is 2.84. The molecule has 3 aromatic carbocycles. The lowest BCUT2D eigenvalue weighted by Crippen LogP contribution is -2.24. The van der Waals surface area contributed by atoms with Gasteiger partial charge in [0.25, 0.3) is 0 Å². The van der Waals surface area contributed by atoms with Gasteiger partial charge in [0, 0.05) is 12.7 Å². The second kappa shape index (κ2) is 8.79. The van der Waals surface area contributed by atoms with Gasteiger partial charge in [-0.05, 0) is 54.1 Å². The molecule has 0 unspecified atom stereocenters. The zero-order valence-electron chi connectivity index (χ0n) is 16.2. The van der Waals surface area contributed by atoms with Crippen molar-refractivity contribution in [3.63, 3.8) is 0 Å². The summed E-state index contributed by atoms with van der Waals surface area (Å²) in [7, 11) is -1.82. The number of hydrogen-bond acceptors (Lipinski definition) is 4. The Bertz CT molecular complexity index is 1060. The molecule has 0 atom stereocenters. The first-order valence-corrected chi connectivity index (χ1v) is 10.8. The Labute approximate surface area is 170 Å². The largest absolute Gasteiger partial charge is 0.457 e. The van der Waals surface area contributed by atoms with Crippen LogP contribution in [0.1, 0.15) is 5.56 Å². The Hall–Kier alpha value is -3.32. The maximum absolute atomic E-state index is 12.3. The number of rotatable bonds is 7. The summed E-state index contributed by atoms with van der Waals surface area (Å²) in [6.07, 6.45) is 1.33. The number of amides is 1. The Balaban J connectivity index is 1.56. The van der Waals surface area contributed by atoms with Crippen LogP contribution in [0.3, 0.4) is 0 Å². The minimum Gasteiger partial charge on any atom is -0.457 e. The molecular formula is C22H22N2O4S. The molecule has 29 heavy (non-hydrogen) atoms. The molecule has 150 valence electrons. The zero-order chi connectivity index (χ0) is 20.9. The molecule has 0 heterocycles. The summed E-state index contributed by atoms with van der Waals surface area (Å²) >= 11 is 0. The number of nitrogens with one attached hydrogen (secondary N) is 1. The first-order valence-electron chi connectivity index (χ1n) is 8.97. The topological polar surface area (TPSA) is 75.7 Å². The molecule has 6 nitrogen and oxygen atoms in total. The minimum absolute atomic E-state index is 0.161. The summed E-state index contributed by atoms with van der Waals surface area (Å²) in [5.74, 6) is 1.26. The van der Waals surface area contributed by atoms with Crippen LogP contribution in [-0.4, -0.2) is 27.6 Å². The highest BCUT2D eigenvalue weighted by Gasteiger charge is 2.12. The lowest BCUT2D eigenvalue weighted by Gasteiger charge is -2.16. The van der Waals surface area contributed by atoms with Crippen LogP contribution in [0.5, 0.6) is 11.5 Å². The van der Waals surface area contributed by atoms with Crippen LogP contribution in [0.4, 0.5) is 11.4 Å². The van der Waals surface area contributed by atoms with Crippen LogP contribution in [0, 0.1) is 0 Å². The number of ether oxygens (including phenoxy) is 1. The third kappa shape index (κ3) is 5.83. The Morgan fingerprint density at radius 2 is 1.48 bits per heavy atom. The number of anilines is 2. The van der Waals surface area contributed by atoms with Gasteiger partial charge >= 0.3 is 0 Å². The van der Waals surface area contributed by atoms with Gasteiger partial charge < -0.3 is 10.1 Å². The molecular weight excluding hydrogens is 388 g/mol. The van der Waals surface area contributed by atoms with Gasteiger partial charge in [0.1, 0.15) is 11.5 Å². The molecule has 0 aliphatic carbocycles.